The summed E-state index contributed by atoms with van der Waals surface area (Å²) in [4.78, 5) is 1.14. The molecular formula is C12H12ClNOS. The van der Waals surface area contributed by atoms with Gasteiger partial charge in [-0.25, -0.2) is 0 Å². The van der Waals surface area contributed by atoms with Gasteiger partial charge in [-0.3, -0.25) is 0 Å². The first-order chi connectivity index (χ1) is 7.79. The van der Waals surface area contributed by atoms with Crippen LogP contribution in [0.2, 0.25) is 5.02 Å². The molecule has 0 aliphatic heterocycles. The zero-order chi connectivity index (χ0) is 11.4. The Morgan fingerprint density at radius 2 is 2.00 bits per heavy atom. The summed E-state index contributed by atoms with van der Waals surface area (Å²) in [5, 5.41) is 0.892. The lowest BCUT2D eigenvalue weighted by atomic mass is 10.3. The van der Waals surface area contributed by atoms with Crippen molar-refractivity contribution in [1.82, 2.24) is 0 Å². The molecule has 1 atom stereocenters. The third-order valence-corrected chi connectivity index (χ3v) is 3.67. The maximum absolute atomic E-state index is 5.83. The maximum Gasteiger partial charge on any atom is 0.118 e. The molecule has 84 valence electrons. The molecule has 0 amide bonds. The molecule has 0 aliphatic rings. The van der Waals surface area contributed by atoms with Gasteiger partial charge in [0.1, 0.15) is 5.76 Å². The fourth-order valence-electron chi connectivity index (χ4n) is 1.37. The average molecular weight is 254 g/mol. The zero-order valence-electron chi connectivity index (χ0n) is 8.60. The molecule has 0 bridgehead atoms. The second kappa shape index (κ2) is 5.43. The smallest absolute Gasteiger partial charge is 0.118 e. The van der Waals surface area contributed by atoms with Crippen molar-refractivity contribution in [1.29, 1.82) is 0 Å². The Bertz CT molecular complexity index is 427. The van der Waals surface area contributed by atoms with Crippen molar-refractivity contribution in [3.63, 3.8) is 0 Å². The Labute approximate surface area is 104 Å². The van der Waals surface area contributed by atoms with Gasteiger partial charge in [0.05, 0.1) is 11.5 Å². The highest BCUT2D eigenvalue weighted by molar-refractivity contribution is 7.99. The van der Waals surface area contributed by atoms with E-state index in [0.29, 0.717) is 6.54 Å². The maximum atomic E-state index is 5.83. The van der Waals surface area contributed by atoms with Gasteiger partial charge in [-0.1, -0.05) is 11.6 Å². The van der Waals surface area contributed by atoms with Crippen molar-refractivity contribution in [2.24, 2.45) is 5.73 Å². The summed E-state index contributed by atoms with van der Waals surface area (Å²) in [7, 11) is 0. The molecule has 1 aromatic carbocycles. The summed E-state index contributed by atoms with van der Waals surface area (Å²) >= 11 is 7.51. The minimum absolute atomic E-state index is 0.149. The molecule has 0 saturated carbocycles. The van der Waals surface area contributed by atoms with Crippen LogP contribution >= 0.6 is 23.4 Å². The monoisotopic (exact) mass is 253 g/mol. The summed E-state index contributed by atoms with van der Waals surface area (Å²) in [5.74, 6) is 0.905. The fourth-order valence-corrected chi connectivity index (χ4v) is 2.47. The molecule has 0 spiro atoms. The predicted molar refractivity (Wildman–Crippen MR) is 67.8 cm³/mol. The Balaban J connectivity index is 2.10. The van der Waals surface area contributed by atoms with Crippen LogP contribution in [0.5, 0.6) is 0 Å². The Hall–Kier alpha value is -0.900. The van der Waals surface area contributed by atoms with Crippen LogP contribution in [-0.2, 0) is 0 Å². The first-order valence-corrected chi connectivity index (χ1v) is 6.21. The van der Waals surface area contributed by atoms with Crippen LogP contribution in [0.1, 0.15) is 11.0 Å². The van der Waals surface area contributed by atoms with Crippen molar-refractivity contribution >= 4 is 23.4 Å². The van der Waals surface area contributed by atoms with Crippen LogP contribution in [0, 0.1) is 0 Å². The summed E-state index contributed by atoms with van der Waals surface area (Å²) < 4.78 is 5.36. The number of hydrogen-bond acceptors (Lipinski definition) is 3. The number of halogens is 1. The van der Waals surface area contributed by atoms with E-state index in [4.69, 9.17) is 21.8 Å². The van der Waals surface area contributed by atoms with Gasteiger partial charge in [0.2, 0.25) is 0 Å². The van der Waals surface area contributed by atoms with Crippen molar-refractivity contribution in [2.45, 2.75) is 10.1 Å². The van der Waals surface area contributed by atoms with Gasteiger partial charge >= 0.3 is 0 Å². The molecule has 1 aromatic heterocycles. The third-order valence-electron chi connectivity index (χ3n) is 2.17. The first kappa shape index (κ1) is 11.6. The van der Waals surface area contributed by atoms with Crippen molar-refractivity contribution in [2.75, 3.05) is 6.54 Å². The van der Waals surface area contributed by atoms with E-state index in [1.165, 1.54) is 0 Å². The van der Waals surface area contributed by atoms with E-state index in [9.17, 15) is 0 Å². The molecule has 2 aromatic rings. The van der Waals surface area contributed by atoms with Crippen LogP contribution < -0.4 is 5.73 Å². The standard InChI is InChI=1S/C12H12ClNOS/c13-9-3-5-10(6-4-9)16-12(8-14)11-2-1-7-15-11/h1-7,12H,8,14H2. The van der Waals surface area contributed by atoms with Crippen LogP contribution in [0.25, 0.3) is 0 Å². The Morgan fingerprint density at radius 1 is 1.25 bits per heavy atom. The largest absolute Gasteiger partial charge is 0.468 e. The molecule has 2 N–H and O–H groups in total. The number of furan rings is 1. The summed E-state index contributed by atoms with van der Waals surface area (Å²) in [6.45, 7) is 0.542. The number of rotatable bonds is 4. The molecule has 0 saturated heterocycles. The molecule has 4 heteroatoms. The van der Waals surface area contributed by atoms with E-state index in [2.05, 4.69) is 0 Å². The van der Waals surface area contributed by atoms with E-state index < -0.39 is 0 Å². The summed E-state index contributed by atoms with van der Waals surface area (Å²) in [6.07, 6.45) is 1.67. The molecule has 1 unspecified atom stereocenters. The molecule has 0 aliphatic carbocycles. The van der Waals surface area contributed by atoms with E-state index in [1.54, 1.807) is 18.0 Å². The minimum Gasteiger partial charge on any atom is -0.468 e. The fraction of sp³-hybridized carbons (Fsp3) is 0.167. The first-order valence-electron chi connectivity index (χ1n) is 4.95. The second-order valence-electron chi connectivity index (χ2n) is 3.31. The molecule has 1 heterocycles. The highest BCUT2D eigenvalue weighted by Crippen LogP contribution is 2.34. The van der Waals surface area contributed by atoms with Gasteiger partial charge in [0, 0.05) is 16.5 Å². The molecule has 2 rings (SSSR count). The van der Waals surface area contributed by atoms with Crippen molar-refractivity contribution in [3.05, 3.63) is 53.4 Å². The topological polar surface area (TPSA) is 39.2 Å². The summed E-state index contributed by atoms with van der Waals surface area (Å²) in [5.41, 5.74) is 5.73. The van der Waals surface area contributed by atoms with Crippen LogP contribution in [0.3, 0.4) is 0 Å². The molecule has 0 fully saturated rings. The number of nitrogens with two attached hydrogens (primary N) is 1. The van der Waals surface area contributed by atoms with Gasteiger partial charge in [0.15, 0.2) is 0 Å². The summed E-state index contributed by atoms with van der Waals surface area (Å²) in [6, 6.07) is 11.5. The second-order valence-corrected chi connectivity index (χ2v) is 5.02. The highest BCUT2D eigenvalue weighted by atomic mass is 35.5. The number of benzene rings is 1. The highest BCUT2D eigenvalue weighted by Gasteiger charge is 2.13. The third kappa shape index (κ3) is 2.82. The Morgan fingerprint density at radius 3 is 2.56 bits per heavy atom. The lowest BCUT2D eigenvalue weighted by Crippen LogP contribution is -2.08. The predicted octanol–water partition coefficient (Wildman–Crippen LogP) is 3.73. The molecule has 2 nitrogen and oxygen atoms in total. The lowest BCUT2D eigenvalue weighted by Gasteiger charge is -2.11. The van der Waals surface area contributed by atoms with Crippen molar-refractivity contribution in [3.8, 4) is 0 Å². The lowest BCUT2D eigenvalue weighted by molar-refractivity contribution is 0.507. The van der Waals surface area contributed by atoms with Gasteiger partial charge in [-0.2, -0.15) is 0 Å². The minimum atomic E-state index is 0.149. The normalized spacial score (nSPS) is 12.6. The molecular weight excluding hydrogens is 242 g/mol. The van der Waals surface area contributed by atoms with Gasteiger partial charge in [-0.15, -0.1) is 11.8 Å². The van der Waals surface area contributed by atoms with Crippen LogP contribution in [0.4, 0.5) is 0 Å². The van der Waals surface area contributed by atoms with Gasteiger partial charge < -0.3 is 10.2 Å². The molecule has 16 heavy (non-hydrogen) atoms. The van der Waals surface area contributed by atoms with Crippen LogP contribution in [0.15, 0.2) is 52.0 Å². The van der Waals surface area contributed by atoms with Crippen molar-refractivity contribution < 1.29 is 4.42 Å². The van der Waals surface area contributed by atoms with E-state index in [0.717, 1.165) is 15.7 Å². The van der Waals surface area contributed by atoms with E-state index in [-0.39, 0.29) is 5.25 Å². The molecule has 0 radical (unpaired) electrons. The van der Waals surface area contributed by atoms with Crippen LogP contribution in [-0.4, -0.2) is 6.54 Å². The Kier molecular flexibility index (Phi) is 3.93. The quantitative estimate of drug-likeness (QED) is 0.844. The van der Waals surface area contributed by atoms with E-state index >= 15 is 0 Å². The van der Waals surface area contributed by atoms with E-state index in [1.807, 2.05) is 36.4 Å². The number of thioether (sulfide) groups is 1. The average Bonchev–Trinajstić information content (AvgIpc) is 2.82. The van der Waals surface area contributed by atoms with Gasteiger partial charge in [0.25, 0.3) is 0 Å². The number of hydrogen-bond donors (Lipinski definition) is 1. The van der Waals surface area contributed by atoms with Gasteiger partial charge in [-0.05, 0) is 36.4 Å². The zero-order valence-corrected chi connectivity index (χ0v) is 10.2. The SMILES string of the molecule is NCC(Sc1ccc(Cl)cc1)c1ccco1.